The summed E-state index contributed by atoms with van der Waals surface area (Å²) in [6.07, 6.45) is 1.05. The molecule has 1 aromatic carbocycles. The molecule has 0 saturated carbocycles. The Morgan fingerprint density at radius 2 is 1.62 bits per heavy atom. The number of benzene rings is 1. The van der Waals surface area contributed by atoms with Gasteiger partial charge in [0.05, 0.1) is 0 Å². The summed E-state index contributed by atoms with van der Waals surface area (Å²) in [7, 11) is 1.87. The highest BCUT2D eigenvalue weighted by Gasteiger charge is 2.19. The van der Waals surface area contributed by atoms with Crippen molar-refractivity contribution in [3.8, 4) is 0 Å². The van der Waals surface area contributed by atoms with Gasteiger partial charge in [0.15, 0.2) is 0 Å². The number of hydrogen-bond donors (Lipinski definition) is 2. The molecule has 0 spiro atoms. The maximum absolute atomic E-state index is 4.63. The number of hydrogen-bond acceptors (Lipinski definition) is 4. The fourth-order valence-electron chi connectivity index (χ4n) is 1.95. The van der Waals surface area contributed by atoms with Crippen molar-refractivity contribution in [1.82, 2.24) is 9.97 Å². The van der Waals surface area contributed by atoms with Crippen LogP contribution in [0.1, 0.15) is 39.1 Å². The molecule has 0 atom stereocenters. The molecule has 4 heteroatoms. The molecule has 21 heavy (non-hydrogen) atoms. The van der Waals surface area contributed by atoms with Crippen molar-refractivity contribution < 1.29 is 0 Å². The van der Waals surface area contributed by atoms with E-state index in [1.165, 1.54) is 5.56 Å². The van der Waals surface area contributed by atoms with E-state index in [1.807, 2.05) is 13.1 Å². The monoisotopic (exact) mass is 284 g/mol. The Hall–Kier alpha value is -2.10. The average Bonchev–Trinajstić information content (AvgIpc) is 2.46. The summed E-state index contributed by atoms with van der Waals surface area (Å²) in [5.74, 6) is 2.45. The highest BCUT2D eigenvalue weighted by Crippen LogP contribution is 2.24. The molecule has 0 saturated heterocycles. The van der Waals surface area contributed by atoms with Gasteiger partial charge in [0.2, 0.25) is 0 Å². The van der Waals surface area contributed by atoms with Crippen molar-refractivity contribution in [2.75, 3.05) is 17.7 Å². The van der Waals surface area contributed by atoms with Gasteiger partial charge in [0.25, 0.3) is 0 Å². The van der Waals surface area contributed by atoms with Crippen LogP contribution in [0.5, 0.6) is 0 Å². The van der Waals surface area contributed by atoms with Crippen LogP contribution in [0.4, 0.5) is 17.3 Å². The molecule has 0 radical (unpaired) electrons. The van der Waals surface area contributed by atoms with E-state index in [-0.39, 0.29) is 5.41 Å². The fourth-order valence-corrected chi connectivity index (χ4v) is 1.95. The summed E-state index contributed by atoms with van der Waals surface area (Å²) in [6, 6.07) is 10.3. The molecular formula is C17H24N4. The molecule has 0 aliphatic carbocycles. The van der Waals surface area contributed by atoms with E-state index in [9.17, 15) is 0 Å². The van der Waals surface area contributed by atoms with E-state index in [1.54, 1.807) is 0 Å². The van der Waals surface area contributed by atoms with Crippen molar-refractivity contribution in [2.24, 2.45) is 0 Å². The number of rotatable bonds is 4. The molecular weight excluding hydrogens is 260 g/mol. The van der Waals surface area contributed by atoms with Gasteiger partial charge in [0.1, 0.15) is 17.5 Å². The van der Waals surface area contributed by atoms with Gasteiger partial charge >= 0.3 is 0 Å². The van der Waals surface area contributed by atoms with Crippen LogP contribution in [0, 0.1) is 0 Å². The lowest BCUT2D eigenvalue weighted by Gasteiger charge is -2.19. The van der Waals surface area contributed by atoms with Crippen molar-refractivity contribution in [1.29, 1.82) is 0 Å². The van der Waals surface area contributed by atoms with E-state index >= 15 is 0 Å². The first-order valence-electron chi connectivity index (χ1n) is 7.35. The minimum Gasteiger partial charge on any atom is -0.373 e. The molecule has 0 aliphatic rings. The van der Waals surface area contributed by atoms with Gasteiger partial charge in [-0.15, -0.1) is 0 Å². The predicted octanol–water partition coefficient (Wildman–Crippen LogP) is 4.12. The maximum Gasteiger partial charge on any atom is 0.138 e. The number of anilines is 3. The molecule has 2 N–H and O–H groups in total. The lowest BCUT2D eigenvalue weighted by Crippen LogP contribution is -2.17. The average molecular weight is 284 g/mol. The van der Waals surface area contributed by atoms with Gasteiger partial charge in [0, 0.05) is 24.2 Å². The molecule has 2 aromatic rings. The molecule has 0 aliphatic heterocycles. The van der Waals surface area contributed by atoms with Gasteiger partial charge < -0.3 is 10.6 Å². The lowest BCUT2D eigenvalue weighted by atomic mass is 9.96. The minimum absolute atomic E-state index is 0.0879. The first-order chi connectivity index (χ1) is 9.92. The second-order valence-corrected chi connectivity index (χ2v) is 6.14. The zero-order valence-corrected chi connectivity index (χ0v) is 13.5. The first kappa shape index (κ1) is 15.3. The van der Waals surface area contributed by atoms with E-state index in [0.717, 1.165) is 29.6 Å². The van der Waals surface area contributed by atoms with Crippen LogP contribution >= 0.6 is 0 Å². The molecule has 0 unspecified atom stereocenters. The molecule has 0 amide bonds. The Kier molecular flexibility index (Phi) is 4.46. The Morgan fingerprint density at radius 1 is 1.00 bits per heavy atom. The van der Waals surface area contributed by atoms with Crippen LogP contribution in [0.15, 0.2) is 30.3 Å². The Morgan fingerprint density at radius 3 is 2.14 bits per heavy atom. The van der Waals surface area contributed by atoms with Crippen LogP contribution in [0.2, 0.25) is 0 Å². The van der Waals surface area contributed by atoms with Crippen LogP contribution in [-0.4, -0.2) is 17.0 Å². The molecule has 0 fully saturated rings. The SMILES string of the molecule is CCc1ccc(Nc2cc(NC)nc(C(C)(C)C)n2)cc1. The van der Waals surface area contributed by atoms with E-state index in [0.29, 0.717) is 0 Å². The number of aryl methyl sites for hydroxylation is 1. The summed E-state index contributed by atoms with van der Waals surface area (Å²) in [4.78, 5) is 9.16. The molecule has 1 heterocycles. The van der Waals surface area contributed by atoms with Crippen LogP contribution < -0.4 is 10.6 Å². The third kappa shape index (κ3) is 3.94. The van der Waals surface area contributed by atoms with Crippen molar-refractivity contribution >= 4 is 17.3 Å². The maximum atomic E-state index is 4.63. The van der Waals surface area contributed by atoms with Crippen LogP contribution in [0.25, 0.3) is 0 Å². The van der Waals surface area contributed by atoms with Crippen LogP contribution in [-0.2, 0) is 11.8 Å². The molecule has 0 bridgehead atoms. The minimum atomic E-state index is -0.0879. The van der Waals surface area contributed by atoms with Gasteiger partial charge in [-0.2, -0.15) is 0 Å². The normalized spacial score (nSPS) is 11.3. The van der Waals surface area contributed by atoms with Gasteiger partial charge in [-0.25, -0.2) is 9.97 Å². The lowest BCUT2D eigenvalue weighted by molar-refractivity contribution is 0.547. The fraction of sp³-hybridized carbons (Fsp3) is 0.412. The molecule has 1 aromatic heterocycles. The van der Waals surface area contributed by atoms with E-state index < -0.39 is 0 Å². The number of nitrogens with one attached hydrogen (secondary N) is 2. The summed E-state index contributed by atoms with van der Waals surface area (Å²) >= 11 is 0. The van der Waals surface area contributed by atoms with Crippen LogP contribution in [0.3, 0.4) is 0 Å². The molecule has 2 rings (SSSR count). The van der Waals surface area contributed by atoms with E-state index in [2.05, 4.69) is 72.6 Å². The van der Waals surface area contributed by atoms with Crippen molar-refractivity contribution in [3.63, 3.8) is 0 Å². The van der Waals surface area contributed by atoms with Crippen molar-refractivity contribution in [3.05, 3.63) is 41.7 Å². The topological polar surface area (TPSA) is 49.8 Å². The summed E-state index contributed by atoms with van der Waals surface area (Å²) in [5.41, 5.74) is 2.28. The van der Waals surface area contributed by atoms with E-state index in [4.69, 9.17) is 0 Å². The number of nitrogens with zero attached hydrogens (tertiary/aromatic N) is 2. The Balaban J connectivity index is 2.29. The second-order valence-electron chi connectivity index (χ2n) is 6.14. The Labute approximate surface area is 127 Å². The van der Waals surface area contributed by atoms with Gasteiger partial charge in [-0.05, 0) is 24.1 Å². The zero-order chi connectivity index (χ0) is 15.5. The van der Waals surface area contributed by atoms with Gasteiger partial charge in [-0.1, -0.05) is 39.8 Å². The Bertz CT molecular complexity index is 597. The highest BCUT2D eigenvalue weighted by molar-refractivity contribution is 5.59. The number of aromatic nitrogens is 2. The largest absolute Gasteiger partial charge is 0.373 e. The third-order valence-corrected chi connectivity index (χ3v) is 3.29. The first-order valence-corrected chi connectivity index (χ1v) is 7.35. The highest BCUT2D eigenvalue weighted by atomic mass is 15.1. The van der Waals surface area contributed by atoms with Crippen molar-refractivity contribution in [2.45, 2.75) is 39.5 Å². The molecule has 112 valence electrons. The van der Waals surface area contributed by atoms with Gasteiger partial charge in [-0.3, -0.25) is 0 Å². The summed E-state index contributed by atoms with van der Waals surface area (Å²) < 4.78 is 0. The predicted molar refractivity (Wildman–Crippen MR) is 89.4 cm³/mol. The second kappa shape index (κ2) is 6.12. The summed E-state index contributed by atoms with van der Waals surface area (Å²) in [6.45, 7) is 8.49. The molecule has 4 nitrogen and oxygen atoms in total. The third-order valence-electron chi connectivity index (χ3n) is 3.29. The smallest absolute Gasteiger partial charge is 0.138 e. The summed E-state index contributed by atoms with van der Waals surface area (Å²) in [5, 5.41) is 6.44. The zero-order valence-electron chi connectivity index (χ0n) is 13.5. The standard InChI is InChI=1S/C17H24N4/c1-6-12-7-9-13(10-8-12)19-15-11-14(18-5)20-16(21-15)17(2,3)4/h7-11H,6H2,1-5H3,(H2,18,19,20,21). The quantitative estimate of drug-likeness (QED) is 0.886.